The van der Waals surface area contributed by atoms with Crippen molar-refractivity contribution in [2.75, 3.05) is 12.4 Å². The van der Waals surface area contributed by atoms with Crippen molar-refractivity contribution in [2.24, 2.45) is 0 Å². The molecule has 2 heterocycles. The molecule has 0 saturated heterocycles. The Labute approximate surface area is 228 Å². The summed E-state index contributed by atoms with van der Waals surface area (Å²) in [5.41, 5.74) is 0.875. The normalized spacial score (nSPS) is 13.2. The molecule has 0 spiro atoms. The van der Waals surface area contributed by atoms with Crippen LogP contribution in [0, 0.1) is 17.1 Å². The van der Waals surface area contributed by atoms with Gasteiger partial charge in [0.15, 0.2) is 12.4 Å². The number of pyridine rings is 1. The van der Waals surface area contributed by atoms with Crippen LogP contribution in [0.1, 0.15) is 17.5 Å². The molecule has 0 aliphatic carbocycles. The molecule has 38 heavy (non-hydrogen) atoms. The van der Waals surface area contributed by atoms with E-state index < -0.39 is 23.4 Å². The Balaban J connectivity index is 1.33. The van der Waals surface area contributed by atoms with Crippen LogP contribution in [0.2, 0.25) is 0 Å². The number of nitrogens with zero attached hydrogens (tertiary/aromatic N) is 2. The molecule has 198 valence electrons. The number of hydrogen-bond donors (Lipinski definition) is 1. The largest absolute Gasteiger partial charge is 0.424 e. The smallest absolute Gasteiger partial charge is 0.393 e. The molecule has 1 unspecified atom stereocenters. The van der Waals surface area contributed by atoms with Gasteiger partial charge in [-0.05, 0) is 47.0 Å². The zero-order chi connectivity index (χ0) is 27.2. The summed E-state index contributed by atoms with van der Waals surface area (Å²) < 4.78 is 64.9. The summed E-state index contributed by atoms with van der Waals surface area (Å²) in [6.07, 6.45) is 5.13. The van der Waals surface area contributed by atoms with Gasteiger partial charge in [0.2, 0.25) is 0 Å². The van der Waals surface area contributed by atoms with Crippen molar-refractivity contribution >= 4 is 50.8 Å². The van der Waals surface area contributed by atoms with Gasteiger partial charge in [-0.25, -0.2) is 21.9 Å². The summed E-state index contributed by atoms with van der Waals surface area (Å²) >= 11 is 2.87. The predicted octanol–water partition coefficient (Wildman–Crippen LogP) is 5.63. The van der Waals surface area contributed by atoms with Gasteiger partial charge in [-0.1, -0.05) is 17.0 Å². The highest BCUT2D eigenvalue weighted by atomic mass is 32.2. The number of aromatic nitrogens is 1. The molecule has 13 heteroatoms. The average molecular weight is 593 g/mol. The fourth-order valence-corrected chi connectivity index (χ4v) is 7.73. The van der Waals surface area contributed by atoms with Crippen molar-refractivity contribution in [2.45, 2.75) is 22.9 Å². The first kappa shape index (κ1) is 28.2. The van der Waals surface area contributed by atoms with Crippen molar-refractivity contribution in [1.82, 2.24) is 4.89 Å². The lowest BCUT2D eigenvalue weighted by Crippen LogP contribution is -2.32. The first-order valence-corrected chi connectivity index (χ1v) is 16.8. The van der Waals surface area contributed by atoms with Crippen molar-refractivity contribution in [3.05, 3.63) is 90.0 Å². The SMILES string of the molecule is CP(=O)(ONS(=O)(=O)c1cc2cc(CSCCC[n+]3ccccc3)ccc2s1)Oc1ccc(C#N)c(F)c1. The number of halogens is 1. The molecule has 4 rings (SSSR count). The van der Waals surface area contributed by atoms with Crippen LogP contribution in [0.4, 0.5) is 4.39 Å². The van der Waals surface area contributed by atoms with Gasteiger partial charge in [0.05, 0.1) is 12.2 Å². The molecule has 0 bridgehead atoms. The topological polar surface area (TPSA) is 109 Å². The van der Waals surface area contributed by atoms with Gasteiger partial charge in [0, 0.05) is 35.1 Å². The average Bonchev–Trinajstić information content (AvgIpc) is 3.33. The summed E-state index contributed by atoms with van der Waals surface area (Å²) in [4.78, 5) is 1.85. The lowest BCUT2D eigenvalue weighted by Gasteiger charge is -2.15. The van der Waals surface area contributed by atoms with Crippen molar-refractivity contribution in [3.63, 3.8) is 0 Å². The summed E-state index contributed by atoms with van der Waals surface area (Å²) in [6.45, 7) is 1.99. The van der Waals surface area contributed by atoms with E-state index in [1.165, 1.54) is 12.1 Å². The monoisotopic (exact) mass is 592 g/mol. The van der Waals surface area contributed by atoms with E-state index in [4.69, 9.17) is 14.4 Å². The van der Waals surface area contributed by atoms with E-state index in [0.717, 1.165) is 70.3 Å². The fourth-order valence-electron chi connectivity index (χ4n) is 3.42. The van der Waals surface area contributed by atoms with Crippen LogP contribution >= 0.6 is 30.7 Å². The number of rotatable bonds is 12. The second-order valence-corrected chi connectivity index (χ2v) is 14.2. The third-order valence-electron chi connectivity index (χ3n) is 5.22. The first-order chi connectivity index (χ1) is 18.1. The lowest BCUT2D eigenvalue weighted by atomic mass is 10.2. The van der Waals surface area contributed by atoms with Crippen LogP contribution in [0.3, 0.4) is 0 Å². The number of fused-ring (bicyclic) bond motifs is 1. The molecular formula is C25H24FN3O5PS3+. The molecule has 0 aliphatic heterocycles. The summed E-state index contributed by atoms with van der Waals surface area (Å²) in [6, 6.07) is 18.3. The molecule has 1 atom stereocenters. The molecule has 0 radical (unpaired) electrons. The van der Waals surface area contributed by atoms with Crippen LogP contribution in [-0.2, 0) is 31.5 Å². The van der Waals surface area contributed by atoms with E-state index in [1.807, 2.05) is 65.4 Å². The Bertz CT molecular complexity index is 1620. The van der Waals surface area contributed by atoms with Gasteiger partial charge in [-0.3, -0.25) is 0 Å². The van der Waals surface area contributed by atoms with Gasteiger partial charge >= 0.3 is 7.60 Å². The molecule has 0 amide bonds. The molecule has 0 fully saturated rings. The van der Waals surface area contributed by atoms with Crippen molar-refractivity contribution < 1.29 is 31.1 Å². The van der Waals surface area contributed by atoms with Crippen LogP contribution in [0.25, 0.3) is 10.1 Å². The maximum absolute atomic E-state index is 13.8. The Morgan fingerprint density at radius 1 is 1.16 bits per heavy atom. The molecular weight excluding hydrogens is 568 g/mol. The summed E-state index contributed by atoms with van der Waals surface area (Å²) in [5, 5.41) is 9.57. The van der Waals surface area contributed by atoms with E-state index in [1.54, 1.807) is 6.07 Å². The van der Waals surface area contributed by atoms with Crippen molar-refractivity contribution in [1.29, 1.82) is 5.26 Å². The van der Waals surface area contributed by atoms with Gasteiger partial charge in [-0.2, -0.15) is 21.6 Å². The number of hydrogen-bond acceptors (Lipinski definition) is 8. The molecule has 2 aromatic heterocycles. The summed E-state index contributed by atoms with van der Waals surface area (Å²) in [7, 11) is -8.16. The zero-order valence-corrected chi connectivity index (χ0v) is 23.6. The number of nitriles is 1. The lowest BCUT2D eigenvalue weighted by molar-refractivity contribution is -0.696. The summed E-state index contributed by atoms with van der Waals surface area (Å²) in [5.74, 6) is 0.775. The quantitative estimate of drug-likeness (QED) is 0.0982. The minimum atomic E-state index is -4.16. The first-order valence-electron chi connectivity index (χ1n) is 11.4. The number of thioether (sulfide) groups is 1. The predicted molar refractivity (Wildman–Crippen MR) is 146 cm³/mol. The van der Waals surface area contributed by atoms with E-state index in [2.05, 4.69) is 4.57 Å². The van der Waals surface area contributed by atoms with E-state index >= 15 is 0 Å². The van der Waals surface area contributed by atoms with Gasteiger partial charge < -0.3 is 4.52 Å². The maximum Gasteiger partial charge on any atom is 0.393 e. The molecule has 1 N–H and O–H groups in total. The number of aryl methyl sites for hydroxylation is 1. The maximum atomic E-state index is 13.8. The van der Waals surface area contributed by atoms with E-state index in [9.17, 15) is 17.4 Å². The standard InChI is InChI=1S/C25H24FN3O5PS3/c1-35(30,33-22-8-7-20(17-27)23(26)16-22)34-28-38(31,32)25-15-21-14-19(6-9-24(21)37-25)18-36-13-5-12-29-10-3-2-4-11-29/h2-4,6-11,14-16,28H,5,12-13,18H2,1H3/q+1. The van der Waals surface area contributed by atoms with Gasteiger partial charge in [0.1, 0.15) is 28.4 Å². The highest BCUT2D eigenvalue weighted by molar-refractivity contribution is 7.98. The highest BCUT2D eigenvalue weighted by Gasteiger charge is 2.26. The minimum Gasteiger partial charge on any atom is -0.424 e. The number of nitrogens with one attached hydrogen (secondary N) is 1. The van der Waals surface area contributed by atoms with Gasteiger partial charge in [-0.15, -0.1) is 11.3 Å². The molecule has 0 saturated carbocycles. The highest BCUT2D eigenvalue weighted by Crippen LogP contribution is 2.44. The number of sulfonamides is 1. The van der Waals surface area contributed by atoms with E-state index in [0.29, 0.717) is 0 Å². The fraction of sp³-hybridized carbons (Fsp3) is 0.200. The Kier molecular flexibility index (Phi) is 9.20. The number of thiophene rings is 1. The second kappa shape index (κ2) is 12.4. The van der Waals surface area contributed by atoms with Crippen LogP contribution in [-0.4, -0.2) is 20.8 Å². The molecule has 4 aromatic rings. The zero-order valence-electron chi connectivity index (χ0n) is 20.2. The van der Waals surface area contributed by atoms with Crippen molar-refractivity contribution in [3.8, 4) is 11.8 Å². The Hall–Kier alpha value is -2.78. The third-order valence-corrected chi connectivity index (χ3v) is 10.2. The Morgan fingerprint density at radius 3 is 2.68 bits per heavy atom. The third kappa shape index (κ3) is 7.63. The van der Waals surface area contributed by atoms with Gasteiger partial charge in [0.25, 0.3) is 10.0 Å². The van der Waals surface area contributed by atoms with Crippen LogP contribution in [0.5, 0.6) is 5.75 Å². The molecule has 8 nitrogen and oxygen atoms in total. The van der Waals surface area contributed by atoms with Crippen LogP contribution in [0.15, 0.2) is 77.3 Å². The molecule has 2 aromatic carbocycles. The molecule has 0 aliphatic rings. The Morgan fingerprint density at radius 2 is 1.95 bits per heavy atom. The number of benzene rings is 2. The van der Waals surface area contributed by atoms with E-state index in [-0.39, 0.29) is 15.5 Å². The van der Waals surface area contributed by atoms with Crippen LogP contribution < -0.4 is 14.0 Å². The minimum absolute atomic E-state index is 0.0124. The second-order valence-electron chi connectivity index (χ2n) is 8.25.